The molecule has 0 bridgehead atoms. The second kappa shape index (κ2) is 8.66. The van der Waals surface area contributed by atoms with Gasteiger partial charge in [-0.2, -0.15) is 0 Å². The van der Waals surface area contributed by atoms with Gasteiger partial charge in [0.05, 0.1) is 12.2 Å². The molecule has 0 saturated carbocycles. The normalized spacial score (nSPS) is 10.1. The second-order valence-electron chi connectivity index (χ2n) is 5.19. The number of esters is 1. The second-order valence-corrected chi connectivity index (χ2v) is 6.01. The summed E-state index contributed by atoms with van der Waals surface area (Å²) >= 11 is 11.4. The highest BCUT2D eigenvalue weighted by Gasteiger charge is 2.07. The monoisotopic (exact) mass is 362 g/mol. The third-order valence-corrected chi connectivity index (χ3v) is 3.97. The van der Waals surface area contributed by atoms with E-state index in [-0.39, 0.29) is 5.97 Å². The van der Waals surface area contributed by atoms with Crippen LogP contribution in [0.25, 0.3) is 0 Å². The fourth-order valence-corrected chi connectivity index (χ4v) is 2.44. The van der Waals surface area contributed by atoms with E-state index in [1.54, 1.807) is 25.1 Å². The van der Waals surface area contributed by atoms with E-state index >= 15 is 0 Å². The van der Waals surface area contributed by atoms with Crippen LogP contribution in [-0.2, 0) is 11.3 Å². The van der Waals surface area contributed by atoms with E-state index in [1.807, 2.05) is 31.2 Å². The zero-order valence-electron chi connectivity index (χ0n) is 13.6. The van der Waals surface area contributed by atoms with E-state index in [4.69, 9.17) is 28.6 Å². The summed E-state index contributed by atoms with van der Waals surface area (Å²) in [6.07, 6.45) is 0. The van der Waals surface area contributed by atoms with Gasteiger partial charge >= 0.3 is 5.97 Å². The van der Waals surface area contributed by atoms with Crippen molar-refractivity contribution < 1.29 is 9.53 Å². The highest BCUT2D eigenvalue weighted by atomic mass is 35.5. The maximum Gasteiger partial charge on any atom is 0.338 e. The molecule has 0 fully saturated rings. The first-order valence-corrected chi connectivity index (χ1v) is 8.35. The lowest BCUT2D eigenvalue weighted by Gasteiger charge is -2.12. The molecular formula is C18H19ClN2O2S. The Morgan fingerprint density at radius 2 is 2.04 bits per heavy atom. The predicted octanol–water partition coefficient (Wildman–Crippen LogP) is 4.31. The van der Waals surface area contributed by atoms with Crippen molar-refractivity contribution >= 4 is 40.6 Å². The lowest BCUT2D eigenvalue weighted by Crippen LogP contribution is -2.28. The quantitative estimate of drug-likeness (QED) is 0.613. The van der Waals surface area contributed by atoms with Crippen molar-refractivity contribution in [2.45, 2.75) is 20.4 Å². The molecule has 126 valence electrons. The molecule has 0 aliphatic carbocycles. The number of anilines is 1. The number of rotatable bonds is 5. The Labute approximate surface area is 152 Å². The molecule has 0 atom stereocenters. The molecule has 0 saturated heterocycles. The topological polar surface area (TPSA) is 50.4 Å². The van der Waals surface area contributed by atoms with Crippen LogP contribution in [0.15, 0.2) is 42.5 Å². The molecule has 0 aliphatic heterocycles. The van der Waals surface area contributed by atoms with Crippen molar-refractivity contribution in [3.63, 3.8) is 0 Å². The zero-order chi connectivity index (χ0) is 17.5. The largest absolute Gasteiger partial charge is 0.462 e. The van der Waals surface area contributed by atoms with Gasteiger partial charge in [-0.05, 0) is 61.5 Å². The average Bonchev–Trinajstić information content (AvgIpc) is 2.56. The molecule has 0 heterocycles. The van der Waals surface area contributed by atoms with Crippen LogP contribution in [0.3, 0.4) is 0 Å². The van der Waals surface area contributed by atoms with Crippen molar-refractivity contribution in [1.82, 2.24) is 5.32 Å². The smallest absolute Gasteiger partial charge is 0.338 e. The molecule has 0 unspecified atom stereocenters. The molecule has 0 radical (unpaired) electrons. The number of hydrogen-bond donors (Lipinski definition) is 2. The van der Waals surface area contributed by atoms with E-state index in [9.17, 15) is 4.79 Å². The Bertz CT molecular complexity index is 750. The first-order chi connectivity index (χ1) is 11.5. The fraction of sp³-hybridized carbons (Fsp3) is 0.222. The van der Waals surface area contributed by atoms with Gasteiger partial charge in [-0.25, -0.2) is 4.79 Å². The molecule has 0 aromatic heterocycles. The van der Waals surface area contributed by atoms with Gasteiger partial charge < -0.3 is 15.4 Å². The van der Waals surface area contributed by atoms with Crippen LogP contribution in [0.5, 0.6) is 0 Å². The maximum atomic E-state index is 11.7. The lowest BCUT2D eigenvalue weighted by atomic mass is 10.1. The number of carbonyl (C=O) groups excluding carboxylic acids is 1. The van der Waals surface area contributed by atoms with Crippen LogP contribution in [-0.4, -0.2) is 17.7 Å². The van der Waals surface area contributed by atoms with Gasteiger partial charge in [-0.1, -0.05) is 29.8 Å². The summed E-state index contributed by atoms with van der Waals surface area (Å²) in [7, 11) is 0. The summed E-state index contributed by atoms with van der Waals surface area (Å²) in [5.74, 6) is -0.352. The maximum absolute atomic E-state index is 11.7. The number of carbonyl (C=O) groups is 1. The molecule has 6 heteroatoms. The molecule has 2 aromatic carbocycles. The Hall–Kier alpha value is -2.11. The minimum Gasteiger partial charge on any atom is -0.462 e. The van der Waals surface area contributed by atoms with Gasteiger partial charge in [0.25, 0.3) is 0 Å². The number of halogens is 1. The molecule has 0 amide bonds. The highest BCUT2D eigenvalue weighted by molar-refractivity contribution is 7.80. The molecule has 24 heavy (non-hydrogen) atoms. The number of hydrogen-bond acceptors (Lipinski definition) is 3. The number of aryl methyl sites for hydroxylation is 1. The molecular weight excluding hydrogens is 344 g/mol. The summed E-state index contributed by atoms with van der Waals surface area (Å²) in [5, 5.41) is 7.37. The van der Waals surface area contributed by atoms with E-state index in [2.05, 4.69) is 10.6 Å². The first-order valence-electron chi connectivity index (χ1n) is 7.56. The fourth-order valence-electron chi connectivity index (χ4n) is 2.04. The Morgan fingerprint density at radius 1 is 1.25 bits per heavy atom. The Kier molecular flexibility index (Phi) is 6.58. The van der Waals surface area contributed by atoms with Crippen LogP contribution >= 0.6 is 23.8 Å². The number of nitrogens with one attached hydrogen (secondary N) is 2. The first kappa shape index (κ1) is 18.2. The van der Waals surface area contributed by atoms with Crippen molar-refractivity contribution in [2.75, 3.05) is 11.9 Å². The number of ether oxygens (including phenoxy) is 1. The highest BCUT2D eigenvalue weighted by Crippen LogP contribution is 2.16. The van der Waals surface area contributed by atoms with Crippen molar-refractivity contribution in [3.05, 3.63) is 64.2 Å². The third-order valence-electron chi connectivity index (χ3n) is 3.32. The molecule has 2 N–H and O–H groups in total. The van der Waals surface area contributed by atoms with Crippen LogP contribution in [0, 0.1) is 6.92 Å². The summed E-state index contributed by atoms with van der Waals surface area (Å²) in [4.78, 5) is 11.7. The van der Waals surface area contributed by atoms with Crippen LogP contribution in [0.1, 0.15) is 28.4 Å². The third kappa shape index (κ3) is 5.22. The molecule has 4 nitrogen and oxygen atoms in total. The van der Waals surface area contributed by atoms with Crippen LogP contribution in [0.4, 0.5) is 5.69 Å². The molecule has 0 spiro atoms. The molecule has 2 rings (SSSR count). The summed E-state index contributed by atoms with van der Waals surface area (Å²) in [5.41, 5.74) is 3.28. The van der Waals surface area contributed by atoms with E-state index in [0.29, 0.717) is 23.8 Å². The van der Waals surface area contributed by atoms with Gasteiger partial charge in [-0.15, -0.1) is 0 Å². The van der Waals surface area contributed by atoms with E-state index in [0.717, 1.165) is 21.8 Å². The minimum atomic E-state index is -0.352. The summed E-state index contributed by atoms with van der Waals surface area (Å²) in [6, 6.07) is 12.9. The molecule has 2 aromatic rings. The van der Waals surface area contributed by atoms with Gasteiger partial charge in [0.1, 0.15) is 0 Å². The van der Waals surface area contributed by atoms with Gasteiger partial charge in [-0.3, -0.25) is 0 Å². The van der Waals surface area contributed by atoms with E-state index < -0.39 is 0 Å². The predicted molar refractivity (Wildman–Crippen MR) is 102 cm³/mol. The summed E-state index contributed by atoms with van der Waals surface area (Å²) in [6.45, 7) is 4.64. The summed E-state index contributed by atoms with van der Waals surface area (Å²) < 4.78 is 4.99. The van der Waals surface area contributed by atoms with Crippen molar-refractivity contribution in [2.24, 2.45) is 0 Å². The Morgan fingerprint density at radius 3 is 2.75 bits per heavy atom. The van der Waals surface area contributed by atoms with Gasteiger partial charge in [0, 0.05) is 17.3 Å². The van der Waals surface area contributed by atoms with Crippen LogP contribution < -0.4 is 10.6 Å². The van der Waals surface area contributed by atoms with Crippen LogP contribution in [0.2, 0.25) is 5.02 Å². The van der Waals surface area contributed by atoms with Gasteiger partial charge in [0.2, 0.25) is 0 Å². The van der Waals surface area contributed by atoms with Crippen molar-refractivity contribution in [1.29, 1.82) is 0 Å². The average molecular weight is 363 g/mol. The zero-order valence-corrected chi connectivity index (χ0v) is 15.1. The number of thiocarbonyl (C=S) groups is 1. The van der Waals surface area contributed by atoms with Crippen molar-refractivity contribution in [3.8, 4) is 0 Å². The molecule has 0 aliphatic rings. The standard InChI is InChI=1S/C18H19ClN2O2S/c1-3-23-17(22)14-5-4-6-15(10-14)21-18(24)20-11-13-8-7-12(2)16(19)9-13/h4-10H,3,11H2,1-2H3,(H2,20,21,24). The number of benzene rings is 2. The lowest BCUT2D eigenvalue weighted by molar-refractivity contribution is 0.0526. The minimum absolute atomic E-state index is 0.343. The Balaban J connectivity index is 1.93. The van der Waals surface area contributed by atoms with Gasteiger partial charge in [0.15, 0.2) is 5.11 Å². The van der Waals surface area contributed by atoms with E-state index in [1.165, 1.54) is 0 Å². The SMILES string of the molecule is CCOC(=O)c1cccc(NC(=S)NCc2ccc(C)c(Cl)c2)c1.